The van der Waals surface area contributed by atoms with E-state index in [0.29, 0.717) is 23.1 Å². The molecule has 1 fully saturated rings. The van der Waals surface area contributed by atoms with E-state index in [-0.39, 0.29) is 0 Å². The molecule has 2 rings (SSSR count). The van der Waals surface area contributed by atoms with E-state index in [0.717, 1.165) is 18.0 Å². The van der Waals surface area contributed by atoms with Crippen molar-refractivity contribution in [2.45, 2.75) is 72.6 Å². The molecule has 1 aliphatic rings. The highest BCUT2D eigenvalue weighted by Crippen LogP contribution is 2.44. The van der Waals surface area contributed by atoms with Crippen LogP contribution in [-0.4, -0.2) is 5.16 Å². The summed E-state index contributed by atoms with van der Waals surface area (Å²) in [5.41, 5.74) is 8.70. The topological polar surface area (TPSA) is 52.0 Å². The second kappa shape index (κ2) is 5.79. The van der Waals surface area contributed by atoms with E-state index >= 15 is 0 Å². The Morgan fingerprint density at radius 1 is 1.20 bits per heavy atom. The Morgan fingerprint density at radius 3 is 2.30 bits per heavy atom. The van der Waals surface area contributed by atoms with Crippen LogP contribution in [0.1, 0.15) is 77.5 Å². The molecule has 0 saturated heterocycles. The van der Waals surface area contributed by atoms with Gasteiger partial charge in [-0.2, -0.15) is 0 Å². The zero-order valence-electron chi connectivity index (χ0n) is 13.7. The predicted octanol–water partition coefficient (Wildman–Crippen LogP) is 4.78. The monoisotopic (exact) mass is 278 g/mol. The van der Waals surface area contributed by atoms with E-state index in [1.165, 1.54) is 31.2 Å². The number of anilines is 1. The van der Waals surface area contributed by atoms with E-state index in [9.17, 15) is 0 Å². The Balaban J connectivity index is 2.07. The second-order valence-corrected chi connectivity index (χ2v) is 7.92. The minimum Gasteiger partial charge on any atom is -0.367 e. The van der Waals surface area contributed by atoms with Crippen molar-refractivity contribution in [3.8, 4) is 0 Å². The summed E-state index contributed by atoms with van der Waals surface area (Å²) in [6.07, 6.45) is 6.01. The van der Waals surface area contributed by atoms with Gasteiger partial charge in [0.05, 0.1) is 5.69 Å². The number of nitrogens with two attached hydrogens (primary N) is 1. The van der Waals surface area contributed by atoms with Gasteiger partial charge in [0.2, 0.25) is 5.88 Å². The van der Waals surface area contributed by atoms with Crippen molar-refractivity contribution in [2.75, 3.05) is 5.73 Å². The van der Waals surface area contributed by atoms with Crippen molar-refractivity contribution in [1.29, 1.82) is 0 Å². The van der Waals surface area contributed by atoms with Crippen LogP contribution in [-0.2, 0) is 6.42 Å². The van der Waals surface area contributed by atoms with Gasteiger partial charge < -0.3 is 10.3 Å². The molecular formula is C17H30N2O. The molecule has 114 valence electrons. The molecule has 0 radical (unpaired) electrons. The minimum absolute atomic E-state index is 0.425. The first kappa shape index (κ1) is 15.4. The van der Waals surface area contributed by atoms with Gasteiger partial charge in [0.25, 0.3) is 0 Å². The summed E-state index contributed by atoms with van der Waals surface area (Å²) in [5.74, 6) is 2.49. The molecule has 3 heteroatoms. The maximum Gasteiger partial charge on any atom is 0.225 e. The maximum atomic E-state index is 5.96. The molecule has 0 spiro atoms. The average Bonchev–Trinajstić information content (AvgIpc) is 2.70. The predicted molar refractivity (Wildman–Crippen MR) is 83.6 cm³/mol. The molecule has 0 aliphatic heterocycles. The SMILES string of the molecule is CC(C)Cc1c(C2CCC(C(C)(C)C)CC2)noc1N. The number of hydrogen-bond donors (Lipinski definition) is 1. The van der Waals surface area contributed by atoms with Gasteiger partial charge in [0, 0.05) is 11.5 Å². The standard InChI is InChI=1S/C17H30N2O/c1-11(2)10-14-15(19-20-16(14)18)12-6-8-13(9-7-12)17(3,4)5/h11-13H,6-10,18H2,1-5H3. The number of aromatic nitrogens is 1. The van der Waals surface area contributed by atoms with Gasteiger partial charge in [-0.05, 0) is 49.4 Å². The smallest absolute Gasteiger partial charge is 0.225 e. The van der Waals surface area contributed by atoms with Gasteiger partial charge in [0.1, 0.15) is 0 Å². The third-order valence-electron chi connectivity index (χ3n) is 4.80. The average molecular weight is 278 g/mol. The lowest BCUT2D eigenvalue weighted by molar-refractivity contribution is 0.167. The van der Waals surface area contributed by atoms with Gasteiger partial charge in [0.15, 0.2) is 0 Å². The van der Waals surface area contributed by atoms with Crippen LogP contribution >= 0.6 is 0 Å². The molecule has 1 heterocycles. The largest absolute Gasteiger partial charge is 0.367 e. The summed E-state index contributed by atoms with van der Waals surface area (Å²) in [6.45, 7) is 11.5. The molecule has 0 atom stereocenters. The fourth-order valence-corrected chi connectivity index (χ4v) is 3.50. The van der Waals surface area contributed by atoms with Gasteiger partial charge in [-0.25, -0.2) is 0 Å². The Bertz CT molecular complexity index is 434. The van der Waals surface area contributed by atoms with Crippen LogP contribution in [0.4, 0.5) is 5.88 Å². The van der Waals surface area contributed by atoms with Gasteiger partial charge in [-0.3, -0.25) is 0 Å². The lowest BCUT2D eigenvalue weighted by atomic mass is 9.69. The van der Waals surface area contributed by atoms with Gasteiger partial charge in [-0.1, -0.05) is 39.8 Å². The third kappa shape index (κ3) is 3.36. The van der Waals surface area contributed by atoms with Crippen LogP contribution in [0.2, 0.25) is 0 Å². The first-order valence-electron chi connectivity index (χ1n) is 8.03. The first-order chi connectivity index (χ1) is 9.29. The maximum absolute atomic E-state index is 5.96. The number of rotatable bonds is 3. The summed E-state index contributed by atoms with van der Waals surface area (Å²) >= 11 is 0. The summed E-state index contributed by atoms with van der Waals surface area (Å²) < 4.78 is 5.27. The van der Waals surface area contributed by atoms with Crippen molar-refractivity contribution in [3.63, 3.8) is 0 Å². The molecule has 0 unspecified atom stereocenters. The van der Waals surface area contributed by atoms with Crippen LogP contribution in [0.15, 0.2) is 4.52 Å². The number of nitrogen functional groups attached to an aromatic ring is 1. The Morgan fingerprint density at radius 2 is 1.80 bits per heavy atom. The van der Waals surface area contributed by atoms with Crippen LogP contribution in [0.5, 0.6) is 0 Å². The van der Waals surface area contributed by atoms with Crippen LogP contribution in [0.3, 0.4) is 0 Å². The summed E-state index contributed by atoms with van der Waals surface area (Å²) in [5, 5.41) is 4.28. The lowest BCUT2D eigenvalue weighted by Crippen LogP contribution is -2.25. The Labute approximate surface area is 123 Å². The molecule has 1 aromatic heterocycles. The van der Waals surface area contributed by atoms with Gasteiger partial charge in [-0.15, -0.1) is 0 Å². The van der Waals surface area contributed by atoms with Crippen molar-refractivity contribution < 1.29 is 4.52 Å². The van der Waals surface area contributed by atoms with E-state index < -0.39 is 0 Å². The van der Waals surface area contributed by atoms with Crippen molar-refractivity contribution in [3.05, 3.63) is 11.3 Å². The van der Waals surface area contributed by atoms with Crippen LogP contribution < -0.4 is 5.73 Å². The summed E-state index contributed by atoms with van der Waals surface area (Å²) in [6, 6.07) is 0. The minimum atomic E-state index is 0.425. The zero-order valence-corrected chi connectivity index (χ0v) is 13.7. The highest BCUT2D eigenvalue weighted by molar-refractivity contribution is 5.41. The van der Waals surface area contributed by atoms with Crippen molar-refractivity contribution in [1.82, 2.24) is 5.16 Å². The highest BCUT2D eigenvalue weighted by Gasteiger charge is 2.32. The van der Waals surface area contributed by atoms with Crippen LogP contribution in [0.25, 0.3) is 0 Å². The quantitative estimate of drug-likeness (QED) is 0.866. The molecule has 0 amide bonds. The lowest BCUT2D eigenvalue weighted by Gasteiger charge is -2.36. The van der Waals surface area contributed by atoms with Gasteiger partial charge >= 0.3 is 0 Å². The van der Waals surface area contributed by atoms with Crippen LogP contribution in [0, 0.1) is 17.3 Å². The summed E-state index contributed by atoms with van der Waals surface area (Å²) in [4.78, 5) is 0. The fraction of sp³-hybridized carbons (Fsp3) is 0.824. The molecule has 3 nitrogen and oxygen atoms in total. The summed E-state index contributed by atoms with van der Waals surface area (Å²) in [7, 11) is 0. The fourth-order valence-electron chi connectivity index (χ4n) is 3.50. The molecule has 0 aromatic carbocycles. The highest BCUT2D eigenvalue weighted by atomic mass is 16.5. The van der Waals surface area contributed by atoms with Crippen molar-refractivity contribution in [2.24, 2.45) is 17.3 Å². The molecule has 20 heavy (non-hydrogen) atoms. The molecular weight excluding hydrogens is 248 g/mol. The molecule has 2 N–H and O–H groups in total. The van der Waals surface area contributed by atoms with E-state index in [2.05, 4.69) is 39.8 Å². The molecule has 1 aliphatic carbocycles. The van der Waals surface area contributed by atoms with E-state index in [1.807, 2.05) is 0 Å². The first-order valence-corrected chi connectivity index (χ1v) is 8.03. The second-order valence-electron chi connectivity index (χ2n) is 7.92. The zero-order chi connectivity index (χ0) is 14.9. The number of hydrogen-bond acceptors (Lipinski definition) is 3. The number of nitrogens with zero attached hydrogens (tertiary/aromatic N) is 1. The molecule has 1 aromatic rings. The third-order valence-corrected chi connectivity index (χ3v) is 4.80. The Hall–Kier alpha value is -0.990. The van der Waals surface area contributed by atoms with E-state index in [1.54, 1.807) is 0 Å². The van der Waals surface area contributed by atoms with E-state index in [4.69, 9.17) is 10.3 Å². The Kier molecular flexibility index (Phi) is 4.46. The van der Waals surface area contributed by atoms with Crippen molar-refractivity contribution >= 4 is 5.88 Å². The molecule has 0 bridgehead atoms. The normalized spacial score (nSPS) is 24.3. The molecule has 1 saturated carbocycles.